The van der Waals surface area contributed by atoms with Gasteiger partial charge in [-0.15, -0.1) is 6.58 Å². The lowest BCUT2D eigenvalue weighted by Gasteiger charge is -1.95. The second kappa shape index (κ2) is 8.40. The normalized spacial score (nSPS) is 10.5. The highest BCUT2D eigenvalue weighted by molar-refractivity contribution is 4.80. The molecule has 0 fully saturated rings. The van der Waals surface area contributed by atoms with Crippen LogP contribution in [0.5, 0.6) is 0 Å². The monoisotopic (exact) mass is 142 g/mol. The standard InChI is InChI=1S/C8H14O2/c1-2-3-7-10-8-5-4-6-9/h2,4-5,9H,1,3,6-8H2. The molecule has 0 aliphatic rings. The van der Waals surface area contributed by atoms with Crippen molar-refractivity contribution in [2.75, 3.05) is 19.8 Å². The van der Waals surface area contributed by atoms with Crippen LogP contribution in [-0.2, 0) is 4.74 Å². The van der Waals surface area contributed by atoms with Gasteiger partial charge in [-0.25, -0.2) is 0 Å². The van der Waals surface area contributed by atoms with Crippen molar-refractivity contribution in [2.45, 2.75) is 6.42 Å². The van der Waals surface area contributed by atoms with Crippen LogP contribution in [0.2, 0.25) is 0 Å². The van der Waals surface area contributed by atoms with E-state index in [0.717, 1.165) is 6.42 Å². The van der Waals surface area contributed by atoms with Crippen LogP contribution in [0.4, 0.5) is 0 Å². The molecular formula is C8H14O2. The molecule has 2 nitrogen and oxygen atoms in total. The van der Waals surface area contributed by atoms with Gasteiger partial charge in [0.1, 0.15) is 0 Å². The molecule has 0 spiro atoms. The van der Waals surface area contributed by atoms with E-state index in [2.05, 4.69) is 6.58 Å². The second-order valence-electron chi connectivity index (χ2n) is 1.81. The van der Waals surface area contributed by atoms with Gasteiger partial charge in [0.05, 0.1) is 19.8 Å². The van der Waals surface area contributed by atoms with Gasteiger partial charge in [0.15, 0.2) is 0 Å². The molecule has 0 aromatic heterocycles. The van der Waals surface area contributed by atoms with Crippen LogP contribution in [-0.4, -0.2) is 24.9 Å². The van der Waals surface area contributed by atoms with Crippen LogP contribution in [0.3, 0.4) is 0 Å². The lowest BCUT2D eigenvalue weighted by Crippen LogP contribution is -1.92. The van der Waals surface area contributed by atoms with Gasteiger partial charge in [-0.2, -0.15) is 0 Å². The van der Waals surface area contributed by atoms with E-state index in [1.807, 2.05) is 6.08 Å². The van der Waals surface area contributed by atoms with E-state index in [1.165, 1.54) is 0 Å². The molecule has 0 saturated heterocycles. The fraction of sp³-hybridized carbons (Fsp3) is 0.500. The van der Waals surface area contributed by atoms with Gasteiger partial charge in [0.2, 0.25) is 0 Å². The lowest BCUT2D eigenvalue weighted by molar-refractivity contribution is 0.167. The van der Waals surface area contributed by atoms with Crippen LogP contribution in [0, 0.1) is 0 Å². The van der Waals surface area contributed by atoms with Crippen LogP contribution < -0.4 is 0 Å². The van der Waals surface area contributed by atoms with Crippen molar-refractivity contribution >= 4 is 0 Å². The summed E-state index contributed by atoms with van der Waals surface area (Å²) in [4.78, 5) is 0. The highest BCUT2D eigenvalue weighted by Crippen LogP contribution is 1.83. The maximum absolute atomic E-state index is 8.31. The Kier molecular flexibility index (Phi) is 7.90. The average molecular weight is 142 g/mol. The van der Waals surface area contributed by atoms with E-state index in [1.54, 1.807) is 12.2 Å². The van der Waals surface area contributed by atoms with Crippen molar-refractivity contribution in [2.24, 2.45) is 0 Å². The van der Waals surface area contributed by atoms with Crippen LogP contribution in [0.15, 0.2) is 24.8 Å². The van der Waals surface area contributed by atoms with Crippen molar-refractivity contribution in [3.63, 3.8) is 0 Å². The first-order valence-corrected chi connectivity index (χ1v) is 3.36. The van der Waals surface area contributed by atoms with Crippen LogP contribution in [0.25, 0.3) is 0 Å². The van der Waals surface area contributed by atoms with Gasteiger partial charge in [0.25, 0.3) is 0 Å². The Morgan fingerprint density at radius 1 is 1.40 bits per heavy atom. The van der Waals surface area contributed by atoms with Crippen molar-refractivity contribution in [3.05, 3.63) is 24.8 Å². The van der Waals surface area contributed by atoms with Crippen molar-refractivity contribution in [1.29, 1.82) is 0 Å². The molecule has 0 bridgehead atoms. The first-order valence-electron chi connectivity index (χ1n) is 3.36. The highest BCUT2D eigenvalue weighted by Gasteiger charge is 1.79. The summed E-state index contributed by atoms with van der Waals surface area (Å²) in [6, 6.07) is 0. The molecular weight excluding hydrogens is 128 g/mol. The summed E-state index contributed by atoms with van der Waals surface area (Å²) in [5, 5.41) is 8.31. The maximum atomic E-state index is 8.31. The molecule has 0 radical (unpaired) electrons. The minimum Gasteiger partial charge on any atom is -0.392 e. The molecule has 0 aromatic rings. The zero-order valence-corrected chi connectivity index (χ0v) is 6.12. The summed E-state index contributed by atoms with van der Waals surface area (Å²) >= 11 is 0. The van der Waals surface area contributed by atoms with E-state index in [-0.39, 0.29) is 6.61 Å². The molecule has 0 aliphatic carbocycles. The molecule has 10 heavy (non-hydrogen) atoms. The molecule has 0 heterocycles. The Labute approximate surface area is 61.8 Å². The minimum atomic E-state index is 0.0881. The van der Waals surface area contributed by atoms with E-state index in [4.69, 9.17) is 9.84 Å². The Hall–Kier alpha value is -0.600. The van der Waals surface area contributed by atoms with E-state index in [9.17, 15) is 0 Å². The Balaban J connectivity index is 2.89. The summed E-state index contributed by atoms with van der Waals surface area (Å²) in [6.45, 7) is 4.93. The predicted octanol–water partition coefficient (Wildman–Crippen LogP) is 1.13. The Morgan fingerprint density at radius 2 is 2.20 bits per heavy atom. The van der Waals surface area contributed by atoms with Crippen LogP contribution >= 0.6 is 0 Å². The molecule has 2 heteroatoms. The Bertz CT molecular complexity index is 97.4. The molecule has 0 aromatic carbocycles. The fourth-order valence-corrected chi connectivity index (χ4v) is 0.461. The quantitative estimate of drug-likeness (QED) is 0.445. The zero-order valence-electron chi connectivity index (χ0n) is 6.12. The number of rotatable bonds is 6. The summed E-state index contributed by atoms with van der Waals surface area (Å²) in [6.07, 6.45) is 6.15. The van der Waals surface area contributed by atoms with Gasteiger partial charge in [-0.1, -0.05) is 18.2 Å². The van der Waals surface area contributed by atoms with Crippen LogP contribution in [0.1, 0.15) is 6.42 Å². The van der Waals surface area contributed by atoms with Crippen molar-refractivity contribution < 1.29 is 9.84 Å². The summed E-state index contributed by atoms with van der Waals surface area (Å²) in [5.41, 5.74) is 0. The third-order valence-electron chi connectivity index (χ3n) is 0.952. The van der Waals surface area contributed by atoms with Gasteiger partial charge < -0.3 is 9.84 Å². The van der Waals surface area contributed by atoms with Crippen molar-refractivity contribution in [3.8, 4) is 0 Å². The van der Waals surface area contributed by atoms with Gasteiger partial charge >= 0.3 is 0 Å². The molecule has 0 atom stereocenters. The highest BCUT2D eigenvalue weighted by atomic mass is 16.5. The van der Waals surface area contributed by atoms with Gasteiger partial charge in [0, 0.05) is 0 Å². The molecule has 0 saturated carbocycles. The second-order valence-corrected chi connectivity index (χ2v) is 1.81. The summed E-state index contributed by atoms with van der Waals surface area (Å²) < 4.78 is 5.11. The maximum Gasteiger partial charge on any atom is 0.0648 e. The number of hydrogen-bond acceptors (Lipinski definition) is 2. The molecule has 0 aliphatic heterocycles. The third kappa shape index (κ3) is 7.40. The molecule has 0 amide bonds. The smallest absolute Gasteiger partial charge is 0.0648 e. The third-order valence-corrected chi connectivity index (χ3v) is 0.952. The summed E-state index contributed by atoms with van der Waals surface area (Å²) in [5.74, 6) is 0. The lowest BCUT2D eigenvalue weighted by atomic mass is 10.4. The predicted molar refractivity (Wildman–Crippen MR) is 41.9 cm³/mol. The Morgan fingerprint density at radius 3 is 2.80 bits per heavy atom. The topological polar surface area (TPSA) is 29.5 Å². The summed E-state index contributed by atoms with van der Waals surface area (Å²) in [7, 11) is 0. The molecule has 1 N–H and O–H groups in total. The number of aliphatic hydroxyl groups is 1. The van der Waals surface area contributed by atoms with Crippen molar-refractivity contribution in [1.82, 2.24) is 0 Å². The average Bonchev–Trinajstić information content (AvgIpc) is 1.97. The number of ether oxygens (including phenoxy) is 1. The van der Waals surface area contributed by atoms with Gasteiger partial charge in [-0.3, -0.25) is 0 Å². The molecule has 0 rings (SSSR count). The number of aliphatic hydroxyl groups excluding tert-OH is 1. The molecule has 0 unspecified atom stereocenters. The first-order chi connectivity index (χ1) is 4.91. The van der Waals surface area contributed by atoms with E-state index in [0.29, 0.717) is 13.2 Å². The fourth-order valence-electron chi connectivity index (χ4n) is 0.461. The minimum absolute atomic E-state index is 0.0881. The largest absolute Gasteiger partial charge is 0.392 e. The zero-order chi connectivity index (χ0) is 7.66. The van der Waals surface area contributed by atoms with E-state index < -0.39 is 0 Å². The first kappa shape index (κ1) is 9.40. The number of hydrogen-bond donors (Lipinski definition) is 1. The van der Waals surface area contributed by atoms with E-state index >= 15 is 0 Å². The van der Waals surface area contributed by atoms with Gasteiger partial charge in [-0.05, 0) is 6.42 Å². The SMILES string of the molecule is C=CCCOCC=CCO. The molecule has 58 valence electrons.